The fraction of sp³-hybridized carbons (Fsp3) is 0.750. The smallest absolute Gasteiger partial charge is 0.194 e. The van der Waals surface area contributed by atoms with Gasteiger partial charge in [-0.3, -0.25) is 0 Å². The van der Waals surface area contributed by atoms with Gasteiger partial charge in [0.25, 0.3) is 0 Å². The topological polar surface area (TPSA) is 27.6 Å². The lowest BCUT2D eigenvalue weighted by Crippen LogP contribution is -2.46. The number of piperidine rings is 1. The summed E-state index contributed by atoms with van der Waals surface area (Å²) in [7, 11) is 0. The van der Waals surface area contributed by atoms with Crippen molar-refractivity contribution >= 4 is 5.96 Å². The molecule has 86 valence electrons. The number of guanidine groups is 1. The van der Waals surface area contributed by atoms with Gasteiger partial charge in [-0.1, -0.05) is 13.0 Å². The van der Waals surface area contributed by atoms with Gasteiger partial charge in [0.15, 0.2) is 5.96 Å². The van der Waals surface area contributed by atoms with Crippen LogP contribution in [0.2, 0.25) is 0 Å². The van der Waals surface area contributed by atoms with Crippen LogP contribution in [0.25, 0.3) is 0 Å². The molecule has 3 nitrogen and oxygen atoms in total. The number of likely N-dealkylation sites (tertiary alicyclic amines) is 1. The number of hydrogen-bond donors (Lipinski definition) is 1. The third-order valence-electron chi connectivity index (χ3n) is 2.66. The Morgan fingerprint density at radius 1 is 1.67 bits per heavy atom. The largest absolute Gasteiger partial charge is 0.357 e. The molecule has 1 rings (SSSR count). The Morgan fingerprint density at radius 2 is 2.47 bits per heavy atom. The molecule has 1 aliphatic heterocycles. The summed E-state index contributed by atoms with van der Waals surface area (Å²) in [5.74, 6) is 1.83. The van der Waals surface area contributed by atoms with E-state index in [1.165, 1.54) is 12.8 Å². The highest BCUT2D eigenvalue weighted by Gasteiger charge is 2.18. The van der Waals surface area contributed by atoms with Crippen LogP contribution in [-0.4, -0.2) is 37.0 Å². The van der Waals surface area contributed by atoms with Crippen molar-refractivity contribution in [3.63, 3.8) is 0 Å². The molecular weight excluding hydrogens is 186 g/mol. The van der Waals surface area contributed by atoms with Crippen molar-refractivity contribution < 1.29 is 0 Å². The monoisotopic (exact) mass is 209 g/mol. The minimum absolute atomic E-state index is 0.702. The van der Waals surface area contributed by atoms with Crippen LogP contribution >= 0.6 is 0 Å². The summed E-state index contributed by atoms with van der Waals surface area (Å²) in [6.45, 7) is 12.0. The second-order valence-electron chi connectivity index (χ2n) is 4.18. The third-order valence-corrected chi connectivity index (χ3v) is 2.66. The Bertz CT molecular complexity index is 223. The highest BCUT2D eigenvalue weighted by Crippen LogP contribution is 2.15. The number of nitrogens with one attached hydrogen (secondary N) is 1. The fourth-order valence-corrected chi connectivity index (χ4v) is 1.96. The number of rotatable bonds is 3. The van der Waals surface area contributed by atoms with E-state index in [4.69, 9.17) is 0 Å². The van der Waals surface area contributed by atoms with Crippen LogP contribution in [0.3, 0.4) is 0 Å². The molecule has 0 aromatic heterocycles. The molecule has 1 aliphatic rings. The molecule has 3 heteroatoms. The first-order valence-electron chi connectivity index (χ1n) is 5.92. The van der Waals surface area contributed by atoms with Crippen molar-refractivity contribution in [2.45, 2.75) is 26.7 Å². The fourth-order valence-electron chi connectivity index (χ4n) is 1.96. The Kier molecular flexibility index (Phi) is 5.22. The summed E-state index contributed by atoms with van der Waals surface area (Å²) in [5, 5.41) is 3.34. The molecule has 1 fully saturated rings. The molecule has 1 saturated heterocycles. The van der Waals surface area contributed by atoms with E-state index in [0.29, 0.717) is 6.54 Å². The lowest BCUT2D eigenvalue weighted by molar-refractivity contribution is 0.266. The van der Waals surface area contributed by atoms with Crippen LogP contribution in [-0.2, 0) is 0 Å². The molecule has 0 aromatic rings. The Balaban J connectivity index is 2.57. The summed E-state index contributed by atoms with van der Waals surface area (Å²) in [6, 6.07) is 0. The van der Waals surface area contributed by atoms with E-state index in [1.54, 1.807) is 0 Å². The SMILES string of the molecule is C=CCN=C(NCC)N1CCCC(C)C1. The van der Waals surface area contributed by atoms with Gasteiger partial charge in [0.2, 0.25) is 0 Å². The van der Waals surface area contributed by atoms with Gasteiger partial charge >= 0.3 is 0 Å². The lowest BCUT2D eigenvalue weighted by atomic mass is 10.0. The second kappa shape index (κ2) is 6.49. The van der Waals surface area contributed by atoms with Gasteiger partial charge in [-0.05, 0) is 25.7 Å². The predicted octanol–water partition coefficient (Wildman–Crippen LogP) is 1.87. The molecule has 0 radical (unpaired) electrons. The van der Waals surface area contributed by atoms with Gasteiger partial charge in [0, 0.05) is 19.6 Å². The molecule has 1 unspecified atom stereocenters. The molecule has 15 heavy (non-hydrogen) atoms. The second-order valence-corrected chi connectivity index (χ2v) is 4.18. The molecule has 0 saturated carbocycles. The van der Waals surface area contributed by atoms with Crippen LogP contribution in [0.15, 0.2) is 17.6 Å². The Labute approximate surface area is 93.3 Å². The van der Waals surface area contributed by atoms with Crippen LogP contribution < -0.4 is 5.32 Å². The van der Waals surface area contributed by atoms with Crippen LogP contribution in [0, 0.1) is 5.92 Å². The minimum atomic E-state index is 0.702. The van der Waals surface area contributed by atoms with Crippen molar-refractivity contribution in [1.82, 2.24) is 10.2 Å². The van der Waals surface area contributed by atoms with Crippen LogP contribution in [0.5, 0.6) is 0 Å². The molecule has 0 bridgehead atoms. The molecule has 1 N–H and O–H groups in total. The Morgan fingerprint density at radius 3 is 3.07 bits per heavy atom. The van der Waals surface area contributed by atoms with Crippen molar-refractivity contribution in [3.8, 4) is 0 Å². The standard InChI is InChI=1S/C12H23N3/c1-4-8-14-12(13-5-2)15-9-6-7-11(3)10-15/h4,11H,1,5-10H2,2-3H3,(H,13,14). The quantitative estimate of drug-likeness (QED) is 0.436. The summed E-state index contributed by atoms with van der Waals surface area (Å²) < 4.78 is 0. The van der Waals surface area contributed by atoms with E-state index in [-0.39, 0.29) is 0 Å². The predicted molar refractivity (Wildman–Crippen MR) is 66.1 cm³/mol. The van der Waals surface area contributed by atoms with Crippen LogP contribution in [0.1, 0.15) is 26.7 Å². The molecule has 0 spiro atoms. The average Bonchev–Trinajstić information content (AvgIpc) is 2.24. The summed E-state index contributed by atoms with van der Waals surface area (Å²) >= 11 is 0. The first kappa shape index (κ1) is 12.1. The highest BCUT2D eigenvalue weighted by atomic mass is 15.3. The Hall–Kier alpha value is -0.990. The lowest BCUT2D eigenvalue weighted by Gasteiger charge is -2.33. The van der Waals surface area contributed by atoms with Crippen LogP contribution in [0.4, 0.5) is 0 Å². The first-order valence-corrected chi connectivity index (χ1v) is 5.92. The van der Waals surface area contributed by atoms with Crippen molar-refractivity contribution in [1.29, 1.82) is 0 Å². The zero-order chi connectivity index (χ0) is 11.1. The van der Waals surface area contributed by atoms with Gasteiger partial charge < -0.3 is 10.2 Å². The third kappa shape index (κ3) is 3.94. The van der Waals surface area contributed by atoms with Gasteiger partial charge in [-0.2, -0.15) is 0 Å². The molecule has 0 aliphatic carbocycles. The average molecular weight is 209 g/mol. The number of hydrogen-bond acceptors (Lipinski definition) is 1. The summed E-state index contributed by atoms with van der Waals surface area (Å²) in [4.78, 5) is 6.87. The normalized spacial score (nSPS) is 22.7. The van der Waals surface area contributed by atoms with E-state index >= 15 is 0 Å². The summed E-state index contributed by atoms with van der Waals surface area (Å²) in [6.07, 6.45) is 4.46. The van der Waals surface area contributed by atoms with Crippen molar-refractivity contribution in [3.05, 3.63) is 12.7 Å². The van der Waals surface area contributed by atoms with E-state index in [2.05, 4.69) is 35.6 Å². The zero-order valence-corrected chi connectivity index (χ0v) is 10.00. The number of aliphatic imine (C=N–C) groups is 1. The van der Waals surface area contributed by atoms with Crippen molar-refractivity contribution in [2.75, 3.05) is 26.2 Å². The number of nitrogens with zero attached hydrogens (tertiary/aromatic N) is 2. The van der Waals surface area contributed by atoms with E-state index < -0.39 is 0 Å². The van der Waals surface area contributed by atoms with E-state index in [0.717, 1.165) is 31.5 Å². The maximum Gasteiger partial charge on any atom is 0.194 e. The molecule has 0 aromatic carbocycles. The van der Waals surface area contributed by atoms with E-state index in [9.17, 15) is 0 Å². The minimum Gasteiger partial charge on any atom is -0.357 e. The van der Waals surface area contributed by atoms with Crippen molar-refractivity contribution in [2.24, 2.45) is 10.9 Å². The summed E-state index contributed by atoms with van der Waals surface area (Å²) in [5.41, 5.74) is 0. The first-order chi connectivity index (χ1) is 7.27. The molecule has 0 amide bonds. The van der Waals surface area contributed by atoms with E-state index in [1.807, 2.05) is 6.08 Å². The zero-order valence-electron chi connectivity index (χ0n) is 10.00. The van der Waals surface area contributed by atoms with Gasteiger partial charge in [0.1, 0.15) is 0 Å². The van der Waals surface area contributed by atoms with Gasteiger partial charge in [-0.15, -0.1) is 6.58 Å². The maximum atomic E-state index is 4.50. The van der Waals surface area contributed by atoms with Gasteiger partial charge in [-0.25, -0.2) is 4.99 Å². The molecular formula is C12H23N3. The molecule has 1 atom stereocenters. The molecule has 1 heterocycles. The highest BCUT2D eigenvalue weighted by molar-refractivity contribution is 5.80. The van der Waals surface area contributed by atoms with Gasteiger partial charge in [0.05, 0.1) is 6.54 Å². The maximum absolute atomic E-state index is 4.50.